The van der Waals surface area contributed by atoms with Crippen molar-refractivity contribution in [2.45, 2.75) is 19.9 Å². The molecule has 6 heteroatoms. The van der Waals surface area contributed by atoms with Crippen molar-refractivity contribution < 1.29 is 13.2 Å². The first-order valence-corrected chi connectivity index (χ1v) is 11.2. The molecule has 29 heavy (non-hydrogen) atoms. The number of nitrogens with one attached hydrogen (secondary N) is 2. The fourth-order valence-electron chi connectivity index (χ4n) is 3.05. The largest absolute Gasteiger partial charge is 0.352 e. The number of anilines is 1. The maximum Gasteiger partial charge on any atom is 0.229 e. The summed E-state index contributed by atoms with van der Waals surface area (Å²) < 4.78 is 25.4. The Labute approximate surface area is 171 Å². The maximum atomic E-state index is 12.3. The van der Waals surface area contributed by atoms with Crippen LogP contribution in [-0.2, 0) is 27.8 Å². The first-order valence-electron chi connectivity index (χ1n) is 9.28. The monoisotopic (exact) mass is 408 g/mol. The molecule has 1 amide bonds. The molecule has 0 saturated carbocycles. The van der Waals surface area contributed by atoms with E-state index in [1.807, 2.05) is 30.3 Å². The molecule has 3 rings (SSSR count). The van der Waals surface area contributed by atoms with Gasteiger partial charge in [-0.1, -0.05) is 72.3 Å². The van der Waals surface area contributed by atoms with Crippen LogP contribution in [0.25, 0.3) is 11.1 Å². The SMILES string of the molecule is Cc1cccc(-c2ccc(CNC(=O)Cc3ccccc3NS(C)(=O)=O)cc2)c1. The molecule has 0 heterocycles. The zero-order valence-corrected chi connectivity index (χ0v) is 17.3. The average molecular weight is 409 g/mol. The van der Waals surface area contributed by atoms with Crippen LogP contribution in [0.2, 0.25) is 0 Å². The number of para-hydroxylation sites is 1. The van der Waals surface area contributed by atoms with Crippen molar-refractivity contribution in [2.75, 3.05) is 11.0 Å². The Morgan fingerprint density at radius 3 is 2.31 bits per heavy atom. The Morgan fingerprint density at radius 1 is 0.897 bits per heavy atom. The van der Waals surface area contributed by atoms with Crippen molar-refractivity contribution in [3.63, 3.8) is 0 Å². The Balaban J connectivity index is 1.60. The van der Waals surface area contributed by atoms with Crippen LogP contribution in [0.1, 0.15) is 16.7 Å². The van der Waals surface area contributed by atoms with Crippen LogP contribution in [-0.4, -0.2) is 20.6 Å². The van der Waals surface area contributed by atoms with Gasteiger partial charge in [0.15, 0.2) is 0 Å². The zero-order valence-electron chi connectivity index (χ0n) is 16.5. The quantitative estimate of drug-likeness (QED) is 0.623. The first kappa shape index (κ1) is 20.6. The highest BCUT2D eigenvalue weighted by molar-refractivity contribution is 7.92. The molecule has 0 spiro atoms. The molecule has 0 bridgehead atoms. The van der Waals surface area contributed by atoms with Crippen LogP contribution in [0.5, 0.6) is 0 Å². The van der Waals surface area contributed by atoms with Gasteiger partial charge in [-0.25, -0.2) is 8.42 Å². The number of hydrogen-bond donors (Lipinski definition) is 2. The van der Waals surface area contributed by atoms with Crippen LogP contribution in [0, 0.1) is 6.92 Å². The molecule has 150 valence electrons. The Morgan fingerprint density at radius 2 is 1.62 bits per heavy atom. The van der Waals surface area contributed by atoms with Crippen molar-refractivity contribution >= 4 is 21.6 Å². The summed E-state index contributed by atoms with van der Waals surface area (Å²) in [4.78, 5) is 12.3. The average Bonchev–Trinajstić information content (AvgIpc) is 2.67. The van der Waals surface area contributed by atoms with E-state index in [1.165, 1.54) is 5.56 Å². The van der Waals surface area contributed by atoms with E-state index >= 15 is 0 Å². The second-order valence-electron chi connectivity index (χ2n) is 7.05. The van der Waals surface area contributed by atoms with E-state index in [1.54, 1.807) is 24.3 Å². The summed E-state index contributed by atoms with van der Waals surface area (Å²) in [6.07, 6.45) is 1.18. The molecule has 5 nitrogen and oxygen atoms in total. The molecule has 0 fully saturated rings. The fourth-order valence-corrected chi connectivity index (χ4v) is 3.65. The van der Waals surface area contributed by atoms with Crippen LogP contribution >= 0.6 is 0 Å². The summed E-state index contributed by atoms with van der Waals surface area (Å²) in [5, 5.41) is 2.89. The third kappa shape index (κ3) is 6.19. The maximum absolute atomic E-state index is 12.3. The van der Waals surface area contributed by atoms with E-state index < -0.39 is 10.0 Å². The van der Waals surface area contributed by atoms with E-state index in [2.05, 4.69) is 35.2 Å². The highest BCUT2D eigenvalue weighted by Gasteiger charge is 2.10. The normalized spacial score (nSPS) is 11.1. The van der Waals surface area contributed by atoms with Gasteiger partial charge in [-0.15, -0.1) is 0 Å². The standard InChI is InChI=1S/C23H24N2O3S/c1-17-6-5-8-20(14-17)19-12-10-18(11-13-19)16-24-23(26)15-21-7-3-4-9-22(21)25-29(2,27)28/h3-14,25H,15-16H2,1-2H3,(H,24,26). The summed E-state index contributed by atoms with van der Waals surface area (Å²) in [6, 6.07) is 23.3. The number of carbonyl (C=O) groups excluding carboxylic acids is 1. The van der Waals surface area contributed by atoms with Gasteiger partial charge in [0.25, 0.3) is 0 Å². The van der Waals surface area contributed by atoms with Gasteiger partial charge in [0.1, 0.15) is 0 Å². The minimum absolute atomic E-state index is 0.0973. The van der Waals surface area contributed by atoms with E-state index in [0.29, 0.717) is 17.8 Å². The van der Waals surface area contributed by atoms with Gasteiger partial charge < -0.3 is 5.32 Å². The van der Waals surface area contributed by atoms with Gasteiger partial charge in [0.05, 0.1) is 18.4 Å². The third-order valence-corrected chi connectivity index (χ3v) is 5.05. The molecule has 0 aliphatic heterocycles. The first-order chi connectivity index (χ1) is 13.8. The van der Waals surface area contributed by atoms with Gasteiger partial charge in [-0.3, -0.25) is 9.52 Å². The molecule has 0 aromatic heterocycles. The fraction of sp³-hybridized carbons (Fsp3) is 0.174. The number of benzene rings is 3. The predicted octanol–water partition coefficient (Wildman–Crippen LogP) is 3.89. The lowest BCUT2D eigenvalue weighted by atomic mass is 10.0. The second-order valence-corrected chi connectivity index (χ2v) is 8.80. The summed E-state index contributed by atoms with van der Waals surface area (Å²) >= 11 is 0. The Bertz CT molecular complexity index is 1110. The molecule has 3 aromatic rings. The molecule has 0 atom stereocenters. The number of amides is 1. The van der Waals surface area contributed by atoms with Crippen LogP contribution in [0.4, 0.5) is 5.69 Å². The molecule has 0 aliphatic carbocycles. The Hall–Kier alpha value is -3.12. The summed E-state index contributed by atoms with van der Waals surface area (Å²) in [5.74, 6) is -0.171. The summed E-state index contributed by atoms with van der Waals surface area (Å²) in [6.45, 7) is 2.48. The van der Waals surface area contributed by atoms with E-state index in [4.69, 9.17) is 0 Å². The number of sulfonamides is 1. The topological polar surface area (TPSA) is 75.3 Å². The lowest BCUT2D eigenvalue weighted by Crippen LogP contribution is -2.25. The third-order valence-electron chi connectivity index (χ3n) is 4.46. The van der Waals surface area contributed by atoms with E-state index in [0.717, 1.165) is 22.9 Å². The van der Waals surface area contributed by atoms with Crippen molar-refractivity contribution in [1.82, 2.24) is 5.32 Å². The molecule has 0 unspecified atom stereocenters. The number of carbonyl (C=O) groups is 1. The summed E-state index contributed by atoms with van der Waals surface area (Å²) in [7, 11) is -3.40. The number of rotatable bonds is 7. The molecular weight excluding hydrogens is 384 g/mol. The minimum Gasteiger partial charge on any atom is -0.352 e. The van der Waals surface area contributed by atoms with Crippen molar-refractivity contribution in [2.24, 2.45) is 0 Å². The van der Waals surface area contributed by atoms with Gasteiger partial charge in [0.2, 0.25) is 15.9 Å². The number of hydrogen-bond acceptors (Lipinski definition) is 3. The van der Waals surface area contributed by atoms with Gasteiger partial charge in [0, 0.05) is 6.54 Å². The van der Waals surface area contributed by atoms with E-state index in [-0.39, 0.29) is 12.3 Å². The van der Waals surface area contributed by atoms with Crippen LogP contribution in [0.15, 0.2) is 72.8 Å². The van der Waals surface area contributed by atoms with Crippen molar-refractivity contribution in [3.05, 3.63) is 89.5 Å². The predicted molar refractivity (Wildman–Crippen MR) is 117 cm³/mol. The van der Waals surface area contributed by atoms with Crippen LogP contribution < -0.4 is 10.0 Å². The highest BCUT2D eigenvalue weighted by Crippen LogP contribution is 2.21. The Kier molecular flexibility index (Phi) is 6.34. The second kappa shape index (κ2) is 8.92. The molecule has 2 N–H and O–H groups in total. The van der Waals surface area contributed by atoms with Gasteiger partial charge in [-0.2, -0.15) is 0 Å². The van der Waals surface area contributed by atoms with Gasteiger partial charge in [-0.05, 0) is 35.2 Å². The molecule has 0 saturated heterocycles. The smallest absolute Gasteiger partial charge is 0.229 e. The lowest BCUT2D eigenvalue weighted by molar-refractivity contribution is -0.120. The van der Waals surface area contributed by atoms with E-state index in [9.17, 15) is 13.2 Å². The van der Waals surface area contributed by atoms with Gasteiger partial charge >= 0.3 is 0 Å². The van der Waals surface area contributed by atoms with Crippen molar-refractivity contribution in [3.8, 4) is 11.1 Å². The van der Waals surface area contributed by atoms with Crippen molar-refractivity contribution in [1.29, 1.82) is 0 Å². The molecule has 3 aromatic carbocycles. The molecule has 0 radical (unpaired) electrons. The molecule has 0 aliphatic rings. The number of aryl methyl sites for hydroxylation is 1. The summed E-state index contributed by atoms with van der Waals surface area (Å²) in [5.41, 5.74) is 5.56. The highest BCUT2D eigenvalue weighted by atomic mass is 32.2. The zero-order chi connectivity index (χ0) is 20.9. The lowest BCUT2D eigenvalue weighted by Gasteiger charge is -2.11. The van der Waals surface area contributed by atoms with Crippen LogP contribution in [0.3, 0.4) is 0 Å². The minimum atomic E-state index is -3.40. The molecular formula is C23H24N2O3S.